The Hall–Kier alpha value is -2.69. The number of carbonyl (C=O) groups is 1. The van der Waals surface area contributed by atoms with E-state index in [4.69, 9.17) is 9.47 Å². The quantitative estimate of drug-likeness (QED) is 0.845. The van der Waals surface area contributed by atoms with Crippen LogP contribution >= 0.6 is 0 Å². The van der Waals surface area contributed by atoms with E-state index in [1.807, 2.05) is 55.5 Å². The van der Waals surface area contributed by atoms with Crippen LogP contribution in [0.2, 0.25) is 0 Å². The van der Waals surface area contributed by atoms with Crippen LogP contribution in [0.15, 0.2) is 48.5 Å². The fourth-order valence-corrected chi connectivity index (χ4v) is 3.09. The molecule has 0 unspecified atom stereocenters. The van der Waals surface area contributed by atoms with Gasteiger partial charge in [-0.25, -0.2) is 4.79 Å². The number of urea groups is 1. The number of carbonyl (C=O) groups excluding carboxylic acids is 1. The molecule has 0 aromatic heterocycles. The Labute approximate surface area is 154 Å². The Morgan fingerprint density at radius 2 is 1.58 bits per heavy atom. The molecule has 2 N–H and O–H groups in total. The van der Waals surface area contributed by atoms with Gasteiger partial charge in [-0.05, 0) is 36.1 Å². The minimum Gasteiger partial charge on any atom is -0.486 e. The van der Waals surface area contributed by atoms with Gasteiger partial charge in [0, 0.05) is 0 Å². The summed E-state index contributed by atoms with van der Waals surface area (Å²) in [6.45, 7) is 7.26. The molecule has 0 spiro atoms. The monoisotopic (exact) mass is 354 g/mol. The third kappa shape index (κ3) is 4.28. The molecule has 1 heterocycles. The standard InChI is InChI=1S/C21H26N2O3/c1-14(2)20(17-9-10-18-19(13-17)26-12-11-25-18)23-21(24)22-15(3)16-7-5-4-6-8-16/h4-10,13-15,20H,11-12H2,1-3H3,(H2,22,23,24)/t15-,20+/m1/s1. The van der Waals surface area contributed by atoms with Crippen LogP contribution in [0.1, 0.15) is 44.0 Å². The first-order valence-corrected chi connectivity index (χ1v) is 9.06. The first-order valence-electron chi connectivity index (χ1n) is 9.06. The van der Waals surface area contributed by atoms with Gasteiger partial charge in [0.15, 0.2) is 11.5 Å². The fraction of sp³-hybridized carbons (Fsp3) is 0.381. The van der Waals surface area contributed by atoms with Crippen LogP contribution in [0, 0.1) is 5.92 Å². The molecule has 2 atom stereocenters. The van der Waals surface area contributed by atoms with Crippen molar-refractivity contribution in [1.82, 2.24) is 10.6 Å². The molecule has 26 heavy (non-hydrogen) atoms. The van der Waals surface area contributed by atoms with Gasteiger partial charge in [0.2, 0.25) is 0 Å². The summed E-state index contributed by atoms with van der Waals surface area (Å²) in [6, 6.07) is 15.4. The highest BCUT2D eigenvalue weighted by molar-refractivity contribution is 5.75. The Kier molecular flexibility index (Phi) is 5.66. The van der Waals surface area contributed by atoms with Gasteiger partial charge >= 0.3 is 6.03 Å². The molecule has 0 radical (unpaired) electrons. The Balaban J connectivity index is 1.69. The molecule has 5 heteroatoms. The number of rotatable bonds is 5. The summed E-state index contributed by atoms with van der Waals surface area (Å²) in [5.41, 5.74) is 2.08. The normalized spacial score (nSPS) is 15.2. The second kappa shape index (κ2) is 8.13. The Morgan fingerprint density at radius 3 is 2.27 bits per heavy atom. The highest BCUT2D eigenvalue weighted by atomic mass is 16.6. The summed E-state index contributed by atoms with van der Waals surface area (Å²) >= 11 is 0. The van der Waals surface area contributed by atoms with Gasteiger partial charge in [0.25, 0.3) is 0 Å². The van der Waals surface area contributed by atoms with E-state index in [0.717, 1.165) is 22.6 Å². The smallest absolute Gasteiger partial charge is 0.315 e. The summed E-state index contributed by atoms with van der Waals surface area (Å²) in [5, 5.41) is 6.10. The van der Waals surface area contributed by atoms with Crippen molar-refractivity contribution in [2.45, 2.75) is 32.9 Å². The third-order valence-electron chi connectivity index (χ3n) is 4.53. The maximum atomic E-state index is 12.5. The molecule has 2 aromatic carbocycles. The van der Waals surface area contributed by atoms with Crippen LogP contribution in [-0.4, -0.2) is 19.2 Å². The van der Waals surface area contributed by atoms with Crippen molar-refractivity contribution in [2.24, 2.45) is 5.92 Å². The molecular weight excluding hydrogens is 328 g/mol. The number of hydrogen-bond donors (Lipinski definition) is 2. The molecule has 0 fully saturated rings. The van der Waals surface area contributed by atoms with Gasteiger partial charge in [0.05, 0.1) is 12.1 Å². The lowest BCUT2D eigenvalue weighted by molar-refractivity contribution is 0.171. The number of hydrogen-bond acceptors (Lipinski definition) is 3. The van der Waals surface area contributed by atoms with Gasteiger partial charge in [-0.1, -0.05) is 50.2 Å². The molecule has 3 rings (SSSR count). The highest BCUT2D eigenvalue weighted by Crippen LogP contribution is 2.34. The minimum absolute atomic E-state index is 0.0655. The topological polar surface area (TPSA) is 59.6 Å². The van der Waals surface area contributed by atoms with E-state index in [2.05, 4.69) is 24.5 Å². The summed E-state index contributed by atoms with van der Waals surface area (Å²) in [5.74, 6) is 1.72. The molecule has 0 bridgehead atoms. The predicted molar refractivity (Wildman–Crippen MR) is 102 cm³/mol. The van der Waals surface area contributed by atoms with E-state index < -0.39 is 0 Å². The van der Waals surface area contributed by atoms with E-state index in [-0.39, 0.29) is 24.0 Å². The average Bonchev–Trinajstić information content (AvgIpc) is 2.66. The van der Waals surface area contributed by atoms with E-state index in [0.29, 0.717) is 13.2 Å². The van der Waals surface area contributed by atoms with E-state index in [9.17, 15) is 4.79 Å². The second-order valence-corrected chi connectivity index (χ2v) is 6.87. The Bertz CT molecular complexity index is 746. The number of amides is 2. The fourth-order valence-electron chi connectivity index (χ4n) is 3.09. The second-order valence-electron chi connectivity index (χ2n) is 6.87. The molecule has 138 valence electrons. The summed E-state index contributed by atoms with van der Waals surface area (Å²) in [7, 11) is 0. The molecule has 1 aliphatic heterocycles. The van der Waals surface area contributed by atoms with E-state index in [1.54, 1.807) is 0 Å². The van der Waals surface area contributed by atoms with Crippen LogP contribution < -0.4 is 20.1 Å². The van der Waals surface area contributed by atoms with Crippen LogP contribution in [0.3, 0.4) is 0 Å². The largest absolute Gasteiger partial charge is 0.486 e. The van der Waals surface area contributed by atoms with Gasteiger partial charge in [0.1, 0.15) is 13.2 Å². The molecule has 2 aromatic rings. The number of fused-ring (bicyclic) bond motifs is 1. The molecule has 0 saturated heterocycles. The maximum Gasteiger partial charge on any atom is 0.315 e. The minimum atomic E-state index is -0.185. The summed E-state index contributed by atoms with van der Waals surface area (Å²) in [4.78, 5) is 12.5. The molecule has 0 aliphatic carbocycles. The number of nitrogens with one attached hydrogen (secondary N) is 2. The van der Waals surface area contributed by atoms with Crippen molar-refractivity contribution in [3.05, 3.63) is 59.7 Å². The third-order valence-corrected chi connectivity index (χ3v) is 4.53. The predicted octanol–water partition coefficient (Wildman–Crippen LogP) is 4.22. The van der Waals surface area contributed by atoms with Gasteiger partial charge in [-0.3, -0.25) is 0 Å². The lowest BCUT2D eigenvalue weighted by Crippen LogP contribution is -2.40. The average molecular weight is 354 g/mol. The van der Waals surface area contributed by atoms with E-state index in [1.165, 1.54) is 0 Å². The summed E-state index contributed by atoms with van der Waals surface area (Å²) < 4.78 is 11.2. The molecule has 0 saturated carbocycles. The van der Waals surface area contributed by atoms with Crippen LogP contribution in [0.4, 0.5) is 4.79 Å². The highest BCUT2D eigenvalue weighted by Gasteiger charge is 2.22. The SMILES string of the molecule is CC(C)[C@H](NC(=O)N[C@H](C)c1ccccc1)c1ccc2c(c1)OCCO2. The van der Waals surface area contributed by atoms with Gasteiger partial charge in [-0.2, -0.15) is 0 Å². The van der Waals surface area contributed by atoms with Crippen molar-refractivity contribution in [1.29, 1.82) is 0 Å². The number of ether oxygens (including phenoxy) is 2. The van der Waals surface area contributed by atoms with Gasteiger partial charge < -0.3 is 20.1 Å². The lowest BCUT2D eigenvalue weighted by atomic mass is 9.95. The molecule has 2 amide bonds. The van der Waals surface area contributed by atoms with E-state index >= 15 is 0 Å². The van der Waals surface area contributed by atoms with Crippen LogP contribution in [0.25, 0.3) is 0 Å². The van der Waals surface area contributed by atoms with Gasteiger partial charge in [-0.15, -0.1) is 0 Å². The first kappa shape index (κ1) is 18.1. The zero-order chi connectivity index (χ0) is 18.5. The van der Waals surface area contributed by atoms with Crippen molar-refractivity contribution in [3.63, 3.8) is 0 Å². The summed E-state index contributed by atoms with van der Waals surface area (Å²) in [6.07, 6.45) is 0. The van der Waals surface area contributed by atoms with Crippen molar-refractivity contribution >= 4 is 6.03 Å². The molecule has 5 nitrogen and oxygen atoms in total. The first-order chi connectivity index (χ1) is 12.5. The van der Waals surface area contributed by atoms with Crippen molar-refractivity contribution in [2.75, 3.05) is 13.2 Å². The molecular formula is C21H26N2O3. The lowest BCUT2D eigenvalue weighted by Gasteiger charge is -2.26. The van der Waals surface area contributed by atoms with Crippen LogP contribution in [-0.2, 0) is 0 Å². The van der Waals surface area contributed by atoms with Crippen molar-refractivity contribution < 1.29 is 14.3 Å². The zero-order valence-corrected chi connectivity index (χ0v) is 15.5. The van der Waals surface area contributed by atoms with Crippen molar-refractivity contribution in [3.8, 4) is 11.5 Å². The molecule has 1 aliphatic rings. The number of benzene rings is 2. The maximum absolute atomic E-state index is 12.5. The van der Waals surface area contributed by atoms with Crippen LogP contribution in [0.5, 0.6) is 11.5 Å². The zero-order valence-electron chi connectivity index (χ0n) is 15.5. The Morgan fingerprint density at radius 1 is 0.885 bits per heavy atom.